The molecule has 0 fully saturated rings. The summed E-state index contributed by atoms with van der Waals surface area (Å²) in [4.78, 5) is 0. The molecule has 76 valence electrons. The van der Waals surface area contributed by atoms with E-state index in [1.807, 2.05) is 19.1 Å². The van der Waals surface area contributed by atoms with Gasteiger partial charge in [0.1, 0.15) is 11.4 Å². The highest BCUT2D eigenvalue weighted by Gasteiger charge is 2.30. The van der Waals surface area contributed by atoms with Crippen LogP contribution in [0.2, 0.25) is 0 Å². The average Bonchev–Trinajstić information content (AvgIpc) is 2.19. The minimum atomic E-state index is -0.402. The Hall–Kier alpha value is -0.540. The van der Waals surface area contributed by atoms with Gasteiger partial charge in [-0.15, -0.1) is 0 Å². The normalized spacial score (nSPS) is 25.4. The first-order valence-electron chi connectivity index (χ1n) is 4.71. The van der Waals surface area contributed by atoms with Crippen molar-refractivity contribution in [1.82, 2.24) is 0 Å². The molecule has 0 spiro atoms. The number of halogens is 1. The summed E-state index contributed by atoms with van der Waals surface area (Å²) in [5.74, 6) is 0.899. The zero-order valence-electron chi connectivity index (χ0n) is 8.09. The first-order chi connectivity index (χ1) is 6.63. The predicted molar refractivity (Wildman–Crippen MR) is 58.6 cm³/mol. The molecule has 3 heteroatoms. The molecule has 14 heavy (non-hydrogen) atoms. The Morgan fingerprint density at radius 2 is 2.36 bits per heavy atom. The van der Waals surface area contributed by atoms with Gasteiger partial charge in [-0.25, -0.2) is 0 Å². The summed E-state index contributed by atoms with van der Waals surface area (Å²) in [7, 11) is 0. The summed E-state index contributed by atoms with van der Waals surface area (Å²) >= 11 is 3.43. The molecule has 0 radical (unpaired) electrons. The maximum absolute atomic E-state index is 9.20. The monoisotopic (exact) mass is 256 g/mol. The lowest BCUT2D eigenvalue weighted by Gasteiger charge is -2.34. The number of fused-ring (bicyclic) bond motifs is 1. The van der Waals surface area contributed by atoms with E-state index >= 15 is 0 Å². The van der Waals surface area contributed by atoms with Crippen LogP contribution in [0.4, 0.5) is 0 Å². The van der Waals surface area contributed by atoms with Gasteiger partial charge < -0.3 is 9.84 Å². The van der Waals surface area contributed by atoms with Crippen molar-refractivity contribution in [1.29, 1.82) is 0 Å². The lowest BCUT2D eigenvalue weighted by molar-refractivity contribution is 0.00807. The number of aryl methyl sites for hydroxylation is 1. The molecule has 0 bridgehead atoms. The van der Waals surface area contributed by atoms with E-state index in [9.17, 15) is 5.11 Å². The van der Waals surface area contributed by atoms with Crippen molar-refractivity contribution in [2.24, 2.45) is 0 Å². The number of rotatable bonds is 1. The highest BCUT2D eigenvalue weighted by Crippen LogP contribution is 2.34. The fourth-order valence-electron chi connectivity index (χ4n) is 1.67. The second-order valence-corrected chi connectivity index (χ2v) is 4.88. The fraction of sp³-hybridized carbons (Fsp3) is 0.455. The summed E-state index contributed by atoms with van der Waals surface area (Å²) < 4.78 is 6.83. The van der Waals surface area contributed by atoms with Crippen LogP contribution in [-0.2, 0) is 6.42 Å². The smallest absolute Gasteiger partial charge is 0.129 e. The van der Waals surface area contributed by atoms with Gasteiger partial charge in [0, 0.05) is 4.47 Å². The molecular weight excluding hydrogens is 244 g/mol. The molecule has 0 aliphatic carbocycles. The second kappa shape index (κ2) is 3.55. The van der Waals surface area contributed by atoms with Gasteiger partial charge in [0.25, 0.3) is 0 Å². The Balaban J connectivity index is 2.31. The number of ether oxygens (including phenoxy) is 1. The Morgan fingerprint density at radius 3 is 3.07 bits per heavy atom. The fourth-order valence-corrected chi connectivity index (χ4v) is 2.08. The number of hydrogen-bond donors (Lipinski definition) is 1. The maximum atomic E-state index is 9.20. The molecule has 0 saturated heterocycles. The third-order valence-corrected chi connectivity index (χ3v) is 3.13. The van der Waals surface area contributed by atoms with E-state index in [4.69, 9.17) is 4.74 Å². The molecule has 1 unspecified atom stereocenters. The Bertz CT molecular complexity index is 351. The molecule has 0 saturated carbocycles. The van der Waals surface area contributed by atoms with Gasteiger partial charge in [0.15, 0.2) is 0 Å². The lowest BCUT2D eigenvalue weighted by atomic mass is 9.93. The molecule has 1 aliphatic rings. The molecule has 1 aliphatic heterocycles. The second-order valence-electron chi connectivity index (χ2n) is 3.96. The van der Waals surface area contributed by atoms with E-state index in [0.717, 1.165) is 23.1 Å². The largest absolute Gasteiger partial charge is 0.485 e. The van der Waals surface area contributed by atoms with Crippen molar-refractivity contribution in [2.75, 3.05) is 6.61 Å². The van der Waals surface area contributed by atoms with E-state index < -0.39 is 5.60 Å². The third-order valence-electron chi connectivity index (χ3n) is 2.64. The van der Waals surface area contributed by atoms with Crippen molar-refractivity contribution in [2.45, 2.75) is 25.4 Å². The predicted octanol–water partition coefficient (Wildman–Crippen LogP) is 2.53. The van der Waals surface area contributed by atoms with Crippen LogP contribution in [0.3, 0.4) is 0 Å². The number of aliphatic hydroxyl groups is 1. The lowest BCUT2D eigenvalue weighted by Crippen LogP contribution is -2.39. The molecular formula is C11H13BrO2. The molecule has 1 aromatic carbocycles. The number of benzene rings is 1. The van der Waals surface area contributed by atoms with Crippen LogP contribution in [0.25, 0.3) is 0 Å². The summed E-state index contributed by atoms with van der Waals surface area (Å²) in [5, 5.41) is 9.20. The molecule has 1 heterocycles. The molecule has 2 rings (SSSR count). The highest BCUT2D eigenvalue weighted by molar-refractivity contribution is 9.10. The zero-order chi connectivity index (χ0) is 10.2. The van der Waals surface area contributed by atoms with Crippen LogP contribution >= 0.6 is 15.9 Å². The Labute approximate surface area is 92.0 Å². The molecule has 1 atom stereocenters. The average molecular weight is 257 g/mol. The van der Waals surface area contributed by atoms with Crippen molar-refractivity contribution >= 4 is 15.9 Å². The van der Waals surface area contributed by atoms with Crippen LogP contribution in [0.1, 0.15) is 18.9 Å². The van der Waals surface area contributed by atoms with Gasteiger partial charge in [-0.05, 0) is 43.5 Å². The van der Waals surface area contributed by atoms with Gasteiger partial charge in [-0.3, -0.25) is 0 Å². The standard InChI is InChI=1S/C11H13BrO2/c1-11(7-13)5-4-8-6-9(12)2-3-10(8)14-11/h2-3,6,13H,4-5,7H2,1H3. The topological polar surface area (TPSA) is 29.5 Å². The quantitative estimate of drug-likeness (QED) is 0.837. The van der Waals surface area contributed by atoms with Crippen LogP contribution in [0.5, 0.6) is 5.75 Å². The first kappa shape index (κ1) is 9.99. The Kier molecular flexibility index (Phi) is 2.54. The van der Waals surface area contributed by atoms with Crippen LogP contribution in [-0.4, -0.2) is 17.3 Å². The molecule has 2 nitrogen and oxygen atoms in total. The van der Waals surface area contributed by atoms with Gasteiger partial charge in [0.05, 0.1) is 6.61 Å². The van der Waals surface area contributed by atoms with Crippen molar-refractivity contribution in [3.05, 3.63) is 28.2 Å². The van der Waals surface area contributed by atoms with E-state index in [1.54, 1.807) is 0 Å². The maximum Gasteiger partial charge on any atom is 0.129 e. The molecule has 1 aromatic rings. The Morgan fingerprint density at radius 1 is 1.57 bits per heavy atom. The molecule has 0 aromatic heterocycles. The first-order valence-corrected chi connectivity index (χ1v) is 5.51. The van der Waals surface area contributed by atoms with Crippen molar-refractivity contribution in [3.8, 4) is 5.75 Å². The summed E-state index contributed by atoms with van der Waals surface area (Å²) in [6.07, 6.45) is 1.83. The highest BCUT2D eigenvalue weighted by atomic mass is 79.9. The molecule has 0 amide bonds. The van der Waals surface area contributed by atoms with Crippen LogP contribution < -0.4 is 4.74 Å². The van der Waals surface area contributed by atoms with E-state index in [-0.39, 0.29) is 6.61 Å². The summed E-state index contributed by atoms with van der Waals surface area (Å²) in [6, 6.07) is 5.99. The van der Waals surface area contributed by atoms with E-state index in [0.29, 0.717) is 0 Å². The van der Waals surface area contributed by atoms with Crippen molar-refractivity contribution < 1.29 is 9.84 Å². The zero-order valence-corrected chi connectivity index (χ0v) is 9.67. The SMILES string of the molecule is CC1(CO)CCc2cc(Br)ccc2O1. The van der Waals surface area contributed by atoms with Crippen LogP contribution in [0, 0.1) is 0 Å². The van der Waals surface area contributed by atoms with Gasteiger partial charge in [-0.2, -0.15) is 0 Å². The van der Waals surface area contributed by atoms with Gasteiger partial charge in [0.2, 0.25) is 0 Å². The summed E-state index contributed by atoms with van der Waals surface area (Å²) in [6.45, 7) is 2.01. The van der Waals surface area contributed by atoms with Crippen LogP contribution in [0.15, 0.2) is 22.7 Å². The van der Waals surface area contributed by atoms with Gasteiger partial charge >= 0.3 is 0 Å². The molecule has 1 N–H and O–H groups in total. The number of aliphatic hydroxyl groups excluding tert-OH is 1. The van der Waals surface area contributed by atoms with E-state index in [1.165, 1.54) is 5.56 Å². The van der Waals surface area contributed by atoms with Gasteiger partial charge in [-0.1, -0.05) is 15.9 Å². The minimum Gasteiger partial charge on any atom is -0.485 e. The minimum absolute atomic E-state index is 0.0719. The number of hydrogen-bond acceptors (Lipinski definition) is 2. The van der Waals surface area contributed by atoms with E-state index in [2.05, 4.69) is 22.0 Å². The van der Waals surface area contributed by atoms with Crippen molar-refractivity contribution in [3.63, 3.8) is 0 Å². The third kappa shape index (κ3) is 1.79. The summed E-state index contributed by atoms with van der Waals surface area (Å²) in [5.41, 5.74) is 0.811.